The van der Waals surface area contributed by atoms with Crippen LogP contribution in [0.1, 0.15) is 92.3 Å². The van der Waals surface area contributed by atoms with Crippen LogP contribution in [-0.2, 0) is 24.0 Å². The fourth-order valence-electron chi connectivity index (χ4n) is 11.3. The van der Waals surface area contributed by atoms with Crippen LogP contribution in [0.4, 0.5) is 0 Å². The summed E-state index contributed by atoms with van der Waals surface area (Å²) in [6.45, 7) is -1.10. The molecule has 374 valence electrons. The highest BCUT2D eigenvalue weighted by Gasteiger charge is 2.51. The number of amides is 6. The van der Waals surface area contributed by atoms with Gasteiger partial charge in [-0.1, -0.05) is 121 Å². The molecule has 12 atom stereocenters. The minimum atomic E-state index is -1.31. The van der Waals surface area contributed by atoms with E-state index >= 15 is 0 Å². The quantitative estimate of drug-likeness (QED) is 0.0829. The van der Waals surface area contributed by atoms with E-state index in [1.54, 1.807) is 0 Å². The van der Waals surface area contributed by atoms with Gasteiger partial charge in [-0.2, -0.15) is 0 Å². The molecular formula is C58H58N6O9. The maximum Gasteiger partial charge on any atom is 0.341 e. The van der Waals surface area contributed by atoms with Gasteiger partial charge in [-0.25, -0.2) is 4.79 Å². The first kappa shape index (κ1) is 47.5. The lowest BCUT2D eigenvalue weighted by atomic mass is 9.94. The molecule has 4 aliphatic carbocycles. The van der Waals surface area contributed by atoms with Crippen molar-refractivity contribution in [1.82, 2.24) is 31.1 Å². The fourth-order valence-corrected chi connectivity index (χ4v) is 11.3. The highest BCUT2D eigenvalue weighted by molar-refractivity contribution is 6.02. The molecule has 0 aromatic heterocycles. The summed E-state index contributed by atoms with van der Waals surface area (Å²) in [5.41, 5.74) is 4.45. The molecule has 5 N–H and O–H groups in total. The Labute approximate surface area is 423 Å². The minimum Gasteiger partial charge on any atom is -0.481 e. The Morgan fingerprint density at radius 3 is 1.07 bits per heavy atom. The third kappa shape index (κ3) is 10.4. The van der Waals surface area contributed by atoms with Gasteiger partial charge in [0.15, 0.2) is 6.61 Å². The van der Waals surface area contributed by atoms with Crippen molar-refractivity contribution in [2.24, 2.45) is 23.7 Å². The molecule has 2 saturated heterocycles. The van der Waals surface area contributed by atoms with E-state index in [-0.39, 0.29) is 115 Å². The molecule has 15 nitrogen and oxygen atoms in total. The summed E-state index contributed by atoms with van der Waals surface area (Å²) >= 11 is 0. The second-order valence-corrected chi connectivity index (χ2v) is 20.7. The Morgan fingerprint density at radius 2 is 0.753 bits per heavy atom. The van der Waals surface area contributed by atoms with Gasteiger partial charge in [-0.15, -0.1) is 0 Å². The van der Waals surface area contributed by atoms with Crippen molar-refractivity contribution >= 4 is 41.4 Å². The molecular weight excluding hydrogens is 925 g/mol. The minimum absolute atomic E-state index is 0.0508. The van der Waals surface area contributed by atoms with Crippen LogP contribution in [0.2, 0.25) is 0 Å². The normalized spacial score (nSPS) is 28.3. The Kier molecular flexibility index (Phi) is 13.0. The van der Waals surface area contributed by atoms with Crippen molar-refractivity contribution in [3.8, 4) is 5.75 Å². The van der Waals surface area contributed by atoms with E-state index in [2.05, 4.69) is 21.3 Å². The molecule has 11 rings (SSSR count). The first-order valence-electron chi connectivity index (χ1n) is 25.5. The fraction of sp³-hybridized carbons (Fsp3) is 0.362. The zero-order valence-electron chi connectivity index (χ0n) is 40.2. The first-order valence-corrected chi connectivity index (χ1v) is 25.5. The highest BCUT2D eigenvalue weighted by Crippen LogP contribution is 2.45. The van der Waals surface area contributed by atoms with Crippen molar-refractivity contribution in [3.63, 3.8) is 0 Å². The second-order valence-electron chi connectivity index (χ2n) is 20.7. The summed E-state index contributed by atoms with van der Waals surface area (Å²) in [6, 6.07) is 43.3. The summed E-state index contributed by atoms with van der Waals surface area (Å²) in [6.07, 6.45) is 3.03. The van der Waals surface area contributed by atoms with E-state index in [0.717, 1.165) is 47.9 Å². The number of nitrogens with zero attached hydrogens (tertiary/aromatic N) is 2. The standard InChI is InChI=1S/C58H58N6O9/c65-52(66)32-73-51-23-37(57(71)63-28-43(53(67)59-47-24-39(47)33-13-5-1-6-14-33)44(29-63)54(68)60-48-25-40(48)34-15-7-2-8-16-34)21-22-38(51)58(72)64-30-45(55(69)61-49-26-41(49)35-17-9-3-10-18-35)46(31-64)56(70)62-50-27-42(50)36-19-11-4-12-20-36/h1-23,39-50H,24-32H2,(H,59,67)(H,60,68)(H,61,69)(H,62,70)(H,65,66)/t39-,40-,41-,42-,43-,44-,45-,46-,47+,48+,49+,50+/m1/s1. The SMILES string of the molecule is O=C(O)COc1cc(C(=O)N2C[C@@H](C(=O)N[C@H]3C[C@@H]3c3ccccc3)[C@H](C(=O)N[C@H]3C[C@@H]3c3ccccc3)C2)ccc1C(=O)N1C[C@@H](C(=O)N[C@H]2C[C@@H]2c2ccccc2)[C@H](C(=O)N[C@H]2C[C@@H]2c2ccccc2)C1. The van der Waals surface area contributed by atoms with Gasteiger partial charge in [-0.3, -0.25) is 28.8 Å². The molecule has 5 aromatic carbocycles. The van der Waals surface area contributed by atoms with Crippen LogP contribution < -0.4 is 26.0 Å². The molecule has 15 heteroatoms. The number of nitrogens with one attached hydrogen (secondary N) is 4. The van der Waals surface area contributed by atoms with Gasteiger partial charge in [0, 0.05) is 79.6 Å². The Morgan fingerprint density at radius 1 is 0.438 bits per heavy atom. The smallest absolute Gasteiger partial charge is 0.341 e. The average molecular weight is 983 g/mol. The molecule has 5 aromatic rings. The number of hydrogen-bond acceptors (Lipinski definition) is 8. The Balaban J connectivity index is 0.807. The van der Waals surface area contributed by atoms with Gasteiger partial charge in [0.05, 0.1) is 29.2 Å². The first-order chi connectivity index (χ1) is 35.5. The zero-order valence-corrected chi connectivity index (χ0v) is 40.2. The number of rotatable bonds is 17. The average Bonchev–Trinajstić information content (AvgIpc) is 4.35. The third-order valence-corrected chi connectivity index (χ3v) is 15.8. The van der Waals surface area contributed by atoms with Gasteiger partial charge < -0.3 is 40.9 Å². The number of carboxylic acids is 1. The number of aliphatic carboxylic acids is 1. The molecule has 6 amide bonds. The van der Waals surface area contributed by atoms with Crippen LogP contribution in [0.25, 0.3) is 0 Å². The molecule has 6 fully saturated rings. The largest absolute Gasteiger partial charge is 0.481 e. The van der Waals surface area contributed by atoms with E-state index in [9.17, 15) is 38.7 Å². The second kappa shape index (κ2) is 20.0. The van der Waals surface area contributed by atoms with Crippen molar-refractivity contribution in [2.75, 3.05) is 32.8 Å². The molecule has 2 aliphatic heterocycles. The summed E-state index contributed by atoms with van der Waals surface area (Å²) in [5, 5.41) is 22.3. The third-order valence-electron chi connectivity index (χ3n) is 15.8. The van der Waals surface area contributed by atoms with E-state index in [1.165, 1.54) is 28.0 Å². The van der Waals surface area contributed by atoms with Gasteiger partial charge in [0.1, 0.15) is 5.75 Å². The van der Waals surface area contributed by atoms with Gasteiger partial charge in [0.25, 0.3) is 11.8 Å². The van der Waals surface area contributed by atoms with Crippen molar-refractivity contribution < 1.29 is 43.4 Å². The number of ether oxygens (including phenoxy) is 1. The van der Waals surface area contributed by atoms with E-state index in [1.807, 2.05) is 121 Å². The number of carboxylic acid groups (broad SMARTS) is 1. The predicted molar refractivity (Wildman–Crippen MR) is 268 cm³/mol. The van der Waals surface area contributed by atoms with Crippen molar-refractivity contribution in [2.45, 2.75) is 73.5 Å². The van der Waals surface area contributed by atoms with E-state index in [4.69, 9.17) is 4.74 Å². The maximum atomic E-state index is 14.6. The summed E-state index contributed by atoms with van der Waals surface area (Å²) in [5.74, 6) is -6.79. The Bertz CT molecular complexity index is 2770. The van der Waals surface area contributed by atoms with E-state index in [0.29, 0.717) is 0 Å². The van der Waals surface area contributed by atoms with Crippen LogP contribution >= 0.6 is 0 Å². The topological polar surface area (TPSA) is 204 Å². The maximum absolute atomic E-state index is 14.6. The monoisotopic (exact) mass is 982 g/mol. The van der Waals surface area contributed by atoms with Crippen LogP contribution in [-0.4, -0.2) is 113 Å². The zero-order chi connectivity index (χ0) is 50.3. The molecule has 0 radical (unpaired) electrons. The number of benzene rings is 5. The van der Waals surface area contributed by atoms with Crippen LogP contribution in [0.15, 0.2) is 140 Å². The van der Waals surface area contributed by atoms with Crippen molar-refractivity contribution in [3.05, 3.63) is 173 Å². The molecule has 73 heavy (non-hydrogen) atoms. The van der Waals surface area contributed by atoms with Gasteiger partial charge in [-0.05, 0) is 66.1 Å². The molecule has 0 spiro atoms. The van der Waals surface area contributed by atoms with Crippen LogP contribution in [0.5, 0.6) is 5.75 Å². The highest BCUT2D eigenvalue weighted by atomic mass is 16.5. The summed E-state index contributed by atoms with van der Waals surface area (Å²) < 4.78 is 5.72. The lowest BCUT2D eigenvalue weighted by molar-refractivity contribution is -0.139. The number of carbonyl (C=O) groups excluding carboxylic acids is 6. The molecule has 2 heterocycles. The summed E-state index contributed by atoms with van der Waals surface area (Å²) in [7, 11) is 0. The lowest BCUT2D eigenvalue weighted by Gasteiger charge is -2.20. The summed E-state index contributed by atoms with van der Waals surface area (Å²) in [4.78, 5) is 100. The molecule has 0 bridgehead atoms. The number of hydrogen-bond donors (Lipinski definition) is 5. The van der Waals surface area contributed by atoms with Gasteiger partial charge >= 0.3 is 5.97 Å². The van der Waals surface area contributed by atoms with E-state index < -0.39 is 48.1 Å². The number of likely N-dealkylation sites (tertiary alicyclic amines) is 2. The van der Waals surface area contributed by atoms with Crippen LogP contribution in [0.3, 0.4) is 0 Å². The lowest BCUT2D eigenvalue weighted by Crippen LogP contribution is -2.43. The molecule has 4 saturated carbocycles. The molecule has 0 unspecified atom stereocenters. The predicted octanol–water partition coefficient (Wildman–Crippen LogP) is 5.22. The van der Waals surface area contributed by atoms with Crippen molar-refractivity contribution in [1.29, 1.82) is 0 Å². The Hall–Kier alpha value is -7.81. The van der Waals surface area contributed by atoms with Crippen LogP contribution in [0, 0.1) is 23.7 Å². The molecule has 6 aliphatic rings. The van der Waals surface area contributed by atoms with Gasteiger partial charge in [0.2, 0.25) is 23.6 Å². The number of carbonyl (C=O) groups is 7.